The summed E-state index contributed by atoms with van der Waals surface area (Å²) in [6, 6.07) is 0. The Balaban J connectivity index is 0.000000169. The molecular weight excluding hydrogens is 1190 g/mol. The summed E-state index contributed by atoms with van der Waals surface area (Å²) in [5.74, 6) is 2.01. The summed E-state index contributed by atoms with van der Waals surface area (Å²) in [5, 5.41) is 50.5. The van der Waals surface area contributed by atoms with Crippen LogP contribution in [0.3, 0.4) is 0 Å². The molecule has 14 rings (SSSR count). The molecule has 524 valence electrons. The molecule has 10 saturated carbocycles. The van der Waals surface area contributed by atoms with Gasteiger partial charge in [0.2, 0.25) is 10.0 Å². The molecule has 18 nitrogen and oxygen atoms in total. The second-order valence-electron chi connectivity index (χ2n) is 36.7. The van der Waals surface area contributed by atoms with Crippen molar-refractivity contribution in [1.82, 2.24) is 9.62 Å². The molecule has 14 fully saturated rings. The minimum atomic E-state index is -3.30. The molecule has 4 heterocycles. The molecule has 10 aliphatic carbocycles. The average Bonchev–Trinajstić information content (AvgIpc) is 1.47. The third-order valence-electron chi connectivity index (χ3n) is 31.2. The van der Waals surface area contributed by atoms with Crippen LogP contribution in [0.4, 0.5) is 0 Å². The largest absolute Gasteiger partial charge is 0.457 e. The van der Waals surface area contributed by atoms with Crippen LogP contribution in [-0.4, -0.2) is 176 Å². The number of carbonyl (C=O) groups excluding carboxylic acids is 2. The van der Waals surface area contributed by atoms with Gasteiger partial charge in [-0.3, -0.25) is 9.59 Å². The number of esters is 2. The van der Waals surface area contributed by atoms with E-state index in [2.05, 4.69) is 74.6 Å². The fourth-order valence-electron chi connectivity index (χ4n) is 27.2. The molecule has 4 saturated heterocycles. The number of sulfonamides is 1. The first kappa shape index (κ1) is 68.9. The second-order valence-corrected chi connectivity index (χ2v) is 38.6. The van der Waals surface area contributed by atoms with Gasteiger partial charge in [0.1, 0.15) is 0 Å². The van der Waals surface area contributed by atoms with Crippen LogP contribution < -0.4 is 5.32 Å². The van der Waals surface area contributed by atoms with Crippen LogP contribution in [0.25, 0.3) is 0 Å². The highest BCUT2D eigenvalue weighted by molar-refractivity contribution is 7.88. The summed E-state index contributed by atoms with van der Waals surface area (Å²) >= 11 is 0. The Morgan fingerprint density at radius 3 is 1.38 bits per heavy atom. The SMILES string of the molecule is CC(=O)O[C@@H]([C@H]1C[C@@H](C)[C@H]2[C@H](O1)[C@H](O)[C@@]1(C)[C@@H]3CC[C@H]4C(C)(C)[C@@H](O[C@H]5CN(S(C)(=O)=O)CCO5)CC[C@@]45C[C@@]35CC[C@]21C)C(C)(C)O.CC(=O)O[C@@H]([C@H]1C[C@@H](C)[C@H]2[C@H](O1)[C@H](O)[C@@]1(C)[C@@H]3CC[C@H]4C(C)(C)[C@@H](O[C@H]5CNCCO5)CC[C@@]45C[C@@]35CC[C@]21C)C(C)(C)O. The van der Waals surface area contributed by atoms with E-state index in [1.807, 2.05) is 0 Å². The lowest BCUT2D eigenvalue weighted by Crippen LogP contribution is -2.60. The third-order valence-corrected chi connectivity index (χ3v) is 32.4. The minimum Gasteiger partial charge on any atom is -0.457 e. The Hall–Kier alpha value is -1.59. The predicted octanol–water partition coefficient (Wildman–Crippen LogP) is 9.34. The van der Waals surface area contributed by atoms with Crippen molar-refractivity contribution in [2.45, 2.75) is 298 Å². The molecule has 4 spiro atoms. The second kappa shape index (κ2) is 22.5. The number of fused-ring (bicyclic) bond motifs is 8. The van der Waals surface area contributed by atoms with Crippen LogP contribution in [-0.2, 0) is 57.5 Å². The highest BCUT2D eigenvalue weighted by Gasteiger charge is 2.87. The molecule has 0 aromatic carbocycles. The fourth-order valence-corrected chi connectivity index (χ4v) is 28.0. The summed E-state index contributed by atoms with van der Waals surface area (Å²) in [4.78, 5) is 24.1. The van der Waals surface area contributed by atoms with E-state index in [1.54, 1.807) is 27.7 Å². The van der Waals surface area contributed by atoms with Gasteiger partial charge >= 0.3 is 11.9 Å². The van der Waals surface area contributed by atoms with Crippen LogP contribution >= 0.6 is 0 Å². The van der Waals surface area contributed by atoms with E-state index in [0.29, 0.717) is 61.7 Å². The number of nitrogens with zero attached hydrogens (tertiary/aromatic N) is 1. The molecule has 28 atom stereocenters. The van der Waals surface area contributed by atoms with Gasteiger partial charge in [-0.1, -0.05) is 69.2 Å². The van der Waals surface area contributed by atoms with Gasteiger partial charge in [0.15, 0.2) is 24.8 Å². The Morgan fingerprint density at radius 2 is 0.989 bits per heavy atom. The van der Waals surface area contributed by atoms with Gasteiger partial charge < -0.3 is 63.6 Å². The number of ether oxygens (including phenoxy) is 8. The maximum absolute atomic E-state index is 12.5. The molecule has 0 aromatic rings. The summed E-state index contributed by atoms with van der Waals surface area (Å²) in [5.41, 5.74) is -2.25. The van der Waals surface area contributed by atoms with Crippen molar-refractivity contribution in [2.75, 3.05) is 45.6 Å². The van der Waals surface area contributed by atoms with Crippen molar-refractivity contribution in [3.63, 3.8) is 0 Å². The highest BCUT2D eigenvalue weighted by Crippen LogP contribution is 2.91. The summed E-state index contributed by atoms with van der Waals surface area (Å²) in [6.07, 6.45) is 13.5. The summed E-state index contributed by atoms with van der Waals surface area (Å²) in [7, 11) is -3.30. The van der Waals surface area contributed by atoms with Crippen LogP contribution in [0.15, 0.2) is 0 Å². The predicted molar refractivity (Wildman–Crippen MR) is 344 cm³/mol. The number of morpholine rings is 2. The Morgan fingerprint density at radius 1 is 0.587 bits per heavy atom. The van der Waals surface area contributed by atoms with Crippen molar-refractivity contribution >= 4 is 22.0 Å². The minimum absolute atomic E-state index is 0.0108. The molecule has 0 unspecified atom stereocenters. The summed E-state index contributed by atoms with van der Waals surface area (Å²) in [6.45, 7) is 36.6. The first-order valence-corrected chi connectivity index (χ1v) is 38.2. The van der Waals surface area contributed by atoms with Gasteiger partial charge in [-0.15, -0.1) is 0 Å². The quantitative estimate of drug-likeness (QED) is 0.121. The van der Waals surface area contributed by atoms with E-state index >= 15 is 0 Å². The van der Waals surface area contributed by atoms with E-state index < -0.39 is 76.1 Å². The van der Waals surface area contributed by atoms with Gasteiger partial charge in [-0.25, -0.2) is 8.42 Å². The lowest BCUT2D eigenvalue weighted by atomic mass is 9.41. The topological polar surface area (TPSA) is 238 Å². The van der Waals surface area contributed by atoms with Crippen molar-refractivity contribution in [3.8, 4) is 0 Å². The van der Waals surface area contributed by atoms with Crippen LogP contribution in [0.2, 0.25) is 0 Å². The Bertz CT molecular complexity index is 2950. The van der Waals surface area contributed by atoms with Gasteiger partial charge in [0.25, 0.3) is 0 Å². The zero-order valence-corrected chi connectivity index (χ0v) is 60.0. The highest BCUT2D eigenvalue weighted by atomic mass is 32.2. The van der Waals surface area contributed by atoms with Gasteiger partial charge in [0, 0.05) is 44.3 Å². The van der Waals surface area contributed by atoms with Crippen molar-refractivity contribution in [2.24, 2.45) is 101 Å². The standard InChI is InChI=1S/C37H61NO9S.C36H59NO7/c1-21-18-23(31(33(5,6)41)45-22(2)39)46-29-28(21)34(7)14-15-37-20-36(37)13-12-26(47-27-19-38(16-17-44-27)48(9,42)43)32(3,4)24(36)10-11-25(37)35(34,8)30(29)40;1-20-17-22(30(32(5,6)40)42-21(2)38)43-28-27(20)33(7)13-14-36-19-35(36)12-11-25(44-26-18-37-15-16-41-26)31(3,4)23(35)9-10-24(36)34(33,8)29(28)39/h21,23-31,40-41H,10-20H2,1-9H3;20,22-30,37,39-40H,9-19H2,1-8H3/t21-,23-,24+,25+,26+,27+,28+,29+,30+,31+,34-,35-,36-,37+;20-,22-,23+,24+,25+,26+,27+,28+,29+,30+,33-,34-,35-,36+/m11/s1. The zero-order valence-electron chi connectivity index (χ0n) is 59.1. The molecular formula is C73H120N2O16S. The number of carbonyl (C=O) groups is 2. The number of aliphatic hydroxyl groups excluding tert-OH is 2. The van der Waals surface area contributed by atoms with Gasteiger partial charge in [0.05, 0.1) is 86.0 Å². The van der Waals surface area contributed by atoms with E-state index in [1.165, 1.54) is 62.9 Å². The molecule has 4 aliphatic heterocycles. The number of nitrogens with one attached hydrogen (secondary N) is 1. The lowest BCUT2D eigenvalue weighted by molar-refractivity contribution is -0.243. The van der Waals surface area contributed by atoms with Crippen LogP contribution in [0, 0.1) is 101 Å². The molecule has 14 aliphatic rings. The molecule has 0 bridgehead atoms. The molecule has 19 heteroatoms. The van der Waals surface area contributed by atoms with Crippen LogP contribution in [0.1, 0.15) is 214 Å². The third kappa shape index (κ3) is 9.81. The Labute approximate surface area is 550 Å². The number of hydrogen-bond donors (Lipinski definition) is 5. The Kier molecular flexibility index (Phi) is 16.8. The molecule has 5 N–H and O–H groups in total. The number of aliphatic hydroxyl groups is 4. The summed E-state index contributed by atoms with van der Waals surface area (Å²) < 4.78 is 76.3. The van der Waals surface area contributed by atoms with E-state index in [4.69, 9.17) is 37.9 Å². The maximum Gasteiger partial charge on any atom is 0.303 e. The molecule has 0 radical (unpaired) electrons. The maximum atomic E-state index is 12.5. The van der Waals surface area contributed by atoms with Gasteiger partial charge in [-0.05, 0) is 221 Å². The first-order chi connectivity index (χ1) is 42.7. The zero-order chi connectivity index (χ0) is 66.7. The number of rotatable bonds is 11. The van der Waals surface area contributed by atoms with Crippen LogP contribution in [0.5, 0.6) is 0 Å². The van der Waals surface area contributed by atoms with Gasteiger partial charge in [-0.2, -0.15) is 4.31 Å². The first-order valence-electron chi connectivity index (χ1n) is 36.3. The van der Waals surface area contributed by atoms with E-state index in [9.17, 15) is 38.4 Å². The lowest BCUT2D eigenvalue weighted by Gasteiger charge is -2.64. The van der Waals surface area contributed by atoms with E-state index in [0.717, 1.165) is 64.5 Å². The van der Waals surface area contributed by atoms with E-state index in [-0.39, 0.29) is 110 Å². The van der Waals surface area contributed by atoms with Crippen molar-refractivity contribution < 1.29 is 76.3 Å². The molecule has 92 heavy (non-hydrogen) atoms. The number of hydrogen-bond acceptors (Lipinski definition) is 17. The fraction of sp³-hybridized carbons (Fsp3) is 0.973. The molecule has 0 aromatic heterocycles. The average molecular weight is 1310 g/mol. The smallest absolute Gasteiger partial charge is 0.303 e. The normalized spacial score (nSPS) is 51.9. The van der Waals surface area contributed by atoms with Crippen molar-refractivity contribution in [1.29, 1.82) is 0 Å². The molecule has 0 amide bonds. The monoisotopic (exact) mass is 1310 g/mol. The van der Waals surface area contributed by atoms with Crippen molar-refractivity contribution in [3.05, 3.63) is 0 Å².